The third-order valence-electron chi connectivity index (χ3n) is 12.2. The van der Waals surface area contributed by atoms with E-state index in [0.29, 0.717) is 48.9 Å². The minimum absolute atomic E-state index is 0.130. The predicted octanol–water partition coefficient (Wildman–Crippen LogP) is 8.72. The summed E-state index contributed by atoms with van der Waals surface area (Å²) in [6.45, 7) is 16.6. The first kappa shape index (κ1) is 40.0. The highest BCUT2D eigenvalue weighted by atomic mass is 35.5. The molecule has 1 amide bonds. The van der Waals surface area contributed by atoms with Crippen molar-refractivity contribution in [2.24, 2.45) is 7.05 Å². The van der Waals surface area contributed by atoms with Crippen LogP contribution in [0.5, 0.6) is 5.75 Å². The Morgan fingerprint density at radius 2 is 1.66 bits per heavy atom. The molecule has 58 heavy (non-hydrogen) atoms. The standard InChI is InChI=1S/C45H51Cl2N7O4/c1-26-21-32(22-27(2)41(26)47)58-20-8-9-33-34-11-12-36(46)40(39-29(4)48-50(7)30(39)5)42(34)54-28(3)24-53(44(55)43(33)54)38-25-52(19-18-51-16-14-49(6)15-17-51)37-13-10-31(45(56)57)23-35(37)38/h10-13,21-23,25,28H,8-9,14-20,24H2,1-7H3,(H,56,57). The largest absolute Gasteiger partial charge is 0.494 e. The third-order valence-corrected chi connectivity index (χ3v) is 13.1. The van der Waals surface area contributed by atoms with E-state index in [0.717, 1.165) is 105 Å². The summed E-state index contributed by atoms with van der Waals surface area (Å²) in [5.41, 5.74) is 9.89. The number of carbonyl (C=O) groups excluding carboxylic acids is 1. The van der Waals surface area contributed by atoms with Crippen molar-refractivity contribution in [3.8, 4) is 16.9 Å². The molecule has 1 unspecified atom stereocenters. The molecule has 0 spiro atoms. The Balaban J connectivity index is 1.23. The van der Waals surface area contributed by atoms with Gasteiger partial charge in [-0.3, -0.25) is 14.4 Å². The van der Waals surface area contributed by atoms with E-state index < -0.39 is 5.97 Å². The van der Waals surface area contributed by atoms with Gasteiger partial charge in [0, 0.05) is 97.7 Å². The normalized spacial score (nSPS) is 16.5. The molecular weight excluding hydrogens is 773 g/mol. The summed E-state index contributed by atoms with van der Waals surface area (Å²) in [4.78, 5) is 34.3. The number of aromatic nitrogens is 4. The lowest BCUT2D eigenvalue weighted by molar-refractivity contribution is 0.0696. The van der Waals surface area contributed by atoms with Crippen molar-refractivity contribution in [1.82, 2.24) is 28.7 Å². The van der Waals surface area contributed by atoms with Crippen molar-refractivity contribution >= 4 is 62.6 Å². The fourth-order valence-corrected chi connectivity index (χ4v) is 9.43. The van der Waals surface area contributed by atoms with Crippen LogP contribution in [0.1, 0.15) is 68.3 Å². The number of fused-ring (bicyclic) bond motifs is 4. The second kappa shape index (κ2) is 15.7. The lowest BCUT2D eigenvalue weighted by Crippen LogP contribution is -2.45. The highest BCUT2D eigenvalue weighted by Crippen LogP contribution is 2.46. The van der Waals surface area contributed by atoms with Crippen molar-refractivity contribution < 1.29 is 19.4 Å². The van der Waals surface area contributed by atoms with Crippen molar-refractivity contribution in [3.05, 3.63) is 98.0 Å². The summed E-state index contributed by atoms with van der Waals surface area (Å²) in [5, 5.41) is 17.9. The topological polar surface area (TPSA) is 101 Å². The van der Waals surface area contributed by atoms with Gasteiger partial charge in [0.25, 0.3) is 5.91 Å². The van der Waals surface area contributed by atoms with Crippen LogP contribution < -0.4 is 9.64 Å². The van der Waals surface area contributed by atoms with Crippen LogP contribution in [0.2, 0.25) is 10.0 Å². The zero-order chi connectivity index (χ0) is 41.2. The third kappa shape index (κ3) is 7.06. The quantitative estimate of drug-likeness (QED) is 0.131. The fourth-order valence-electron chi connectivity index (χ4n) is 9.07. The Labute approximate surface area is 349 Å². The number of benzene rings is 3. The number of ether oxygens (including phenoxy) is 1. The van der Waals surface area contributed by atoms with Crippen LogP contribution in [0.25, 0.3) is 32.9 Å². The highest BCUT2D eigenvalue weighted by molar-refractivity contribution is 6.35. The molecule has 1 saturated heterocycles. The molecule has 1 N–H and O–H groups in total. The summed E-state index contributed by atoms with van der Waals surface area (Å²) in [6.07, 6.45) is 3.28. The molecule has 304 valence electrons. The number of hydrogen-bond acceptors (Lipinski definition) is 6. The summed E-state index contributed by atoms with van der Waals surface area (Å²) in [5.74, 6) is -0.370. The predicted molar refractivity (Wildman–Crippen MR) is 233 cm³/mol. The van der Waals surface area contributed by atoms with E-state index in [2.05, 4.69) is 32.9 Å². The molecule has 0 saturated carbocycles. The SMILES string of the molecule is Cc1cc(OCCCc2c3n(c4c(-c5c(C)nn(C)c5C)c(Cl)ccc24)C(C)CN(c2cn(CCN4CCN(C)CC4)c4ccc(C(=O)O)cc24)C3=O)cc(C)c1Cl. The van der Waals surface area contributed by atoms with Gasteiger partial charge in [-0.05, 0) is 108 Å². The molecule has 0 aliphatic carbocycles. The molecule has 1 fully saturated rings. The van der Waals surface area contributed by atoms with Gasteiger partial charge in [0.1, 0.15) is 11.4 Å². The van der Waals surface area contributed by atoms with Crippen LogP contribution in [0.3, 0.4) is 0 Å². The van der Waals surface area contributed by atoms with Crippen molar-refractivity contribution in [3.63, 3.8) is 0 Å². The molecule has 1 atom stereocenters. The van der Waals surface area contributed by atoms with Gasteiger partial charge in [-0.1, -0.05) is 29.3 Å². The van der Waals surface area contributed by atoms with Crippen LogP contribution in [0, 0.1) is 27.7 Å². The molecule has 2 aliphatic heterocycles. The molecule has 8 rings (SSSR count). The van der Waals surface area contributed by atoms with Gasteiger partial charge in [-0.25, -0.2) is 4.79 Å². The summed E-state index contributed by atoms with van der Waals surface area (Å²) >= 11 is 13.6. The van der Waals surface area contributed by atoms with Gasteiger partial charge in [-0.15, -0.1) is 0 Å². The zero-order valence-corrected chi connectivity index (χ0v) is 35.8. The van der Waals surface area contributed by atoms with Gasteiger partial charge in [0.15, 0.2) is 0 Å². The van der Waals surface area contributed by atoms with Crippen LogP contribution in [0.15, 0.2) is 48.7 Å². The Kier molecular flexibility index (Phi) is 10.9. The van der Waals surface area contributed by atoms with E-state index in [1.54, 1.807) is 12.1 Å². The minimum atomic E-state index is -1.00. The number of anilines is 1. The zero-order valence-electron chi connectivity index (χ0n) is 34.3. The lowest BCUT2D eigenvalue weighted by atomic mass is 9.98. The van der Waals surface area contributed by atoms with E-state index in [-0.39, 0.29) is 17.5 Å². The molecule has 6 aromatic rings. The highest BCUT2D eigenvalue weighted by Gasteiger charge is 2.38. The van der Waals surface area contributed by atoms with Gasteiger partial charge in [0.05, 0.1) is 39.6 Å². The number of likely N-dealkylation sites (N-methyl/N-ethyl adjacent to an activating group) is 1. The maximum atomic E-state index is 15.4. The second-order valence-electron chi connectivity index (χ2n) is 16.2. The second-order valence-corrected chi connectivity index (χ2v) is 16.9. The number of piperazine rings is 1. The summed E-state index contributed by atoms with van der Waals surface area (Å²) in [7, 11) is 4.08. The summed E-state index contributed by atoms with van der Waals surface area (Å²) in [6, 6.07) is 13.0. The Morgan fingerprint density at radius 3 is 2.33 bits per heavy atom. The van der Waals surface area contributed by atoms with Crippen LogP contribution in [-0.2, 0) is 20.0 Å². The van der Waals surface area contributed by atoms with E-state index in [9.17, 15) is 9.90 Å². The number of aryl methyl sites for hydroxylation is 5. The smallest absolute Gasteiger partial charge is 0.335 e. The average molecular weight is 825 g/mol. The molecule has 3 aromatic heterocycles. The molecular formula is C45H51Cl2N7O4. The number of carbonyl (C=O) groups is 2. The number of aromatic carboxylic acids is 1. The Bertz CT molecular complexity index is 2570. The Hall–Kier alpha value is -4.81. The molecule has 11 nitrogen and oxygen atoms in total. The van der Waals surface area contributed by atoms with Gasteiger partial charge >= 0.3 is 5.97 Å². The van der Waals surface area contributed by atoms with Crippen molar-refractivity contribution in [1.29, 1.82) is 0 Å². The minimum Gasteiger partial charge on any atom is -0.494 e. The monoisotopic (exact) mass is 823 g/mol. The maximum absolute atomic E-state index is 15.4. The van der Waals surface area contributed by atoms with E-state index in [1.165, 1.54) is 0 Å². The number of rotatable bonds is 11. The van der Waals surface area contributed by atoms with E-state index in [4.69, 9.17) is 33.0 Å². The van der Waals surface area contributed by atoms with E-state index in [1.807, 2.05) is 80.9 Å². The average Bonchev–Trinajstić information content (AvgIpc) is 3.81. The summed E-state index contributed by atoms with van der Waals surface area (Å²) < 4.78 is 12.5. The molecule has 3 aromatic carbocycles. The molecule has 0 bridgehead atoms. The molecule has 13 heteroatoms. The molecule has 0 radical (unpaired) electrons. The lowest BCUT2D eigenvalue weighted by Gasteiger charge is -2.34. The van der Waals surface area contributed by atoms with Gasteiger partial charge in [0.2, 0.25) is 0 Å². The maximum Gasteiger partial charge on any atom is 0.335 e. The van der Waals surface area contributed by atoms with Crippen molar-refractivity contribution in [2.45, 2.75) is 60.0 Å². The number of nitrogens with zero attached hydrogens (tertiary/aromatic N) is 7. The Morgan fingerprint density at radius 1 is 0.931 bits per heavy atom. The number of carboxylic acids is 1. The van der Waals surface area contributed by atoms with E-state index >= 15 is 4.79 Å². The fraction of sp³-hybridized carbons (Fsp3) is 0.400. The molecule has 2 aliphatic rings. The first-order valence-electron chi connectivity index (χ1n) is 20.1. The number of amides is 1. The van der Waals surface area contributed by atoms with Crippen LogP contribution in [0.4, 0.5) is 5.69 Å². The first-order chi connectivity index (χ1) is 27.7. The first-order valence-corrected chi connectivity index (χ1v) is 20.8. The van der Waals surface area contributed by atoms with Crippen LogP contribution >= 0.6 is 23.2 Å². The van der Waals surface area contributed by atoms with Gasteiger partial charge < -0.3 is 28.8 Å². The molecule has 5 heterocycles. The number of carboxylic acid groups (broad SMARTS) is 1. The van der Waals surface area contributed by atoms with Crippen LogP contribution in [-0.4, -0.2) is 98.6 Å². The van der Waals surface area contributed by atoms with Gasteiger partial charge in [-0.2, -0.15) is 5.10 Å². The number of halogens is 2. The van der Waals surface area contributed by atoms with Crippen molar-refractivity contribution in [2.75, 3.05) is 57.8 Å². The number of hydrogen-bond donors (Lipinski definition) is 1.